The van der Waals surface area contributed by atoms with E-state index in [9.17, 15) is 26.3 Å². The third-order valence-electron chi connectivity index (χ3n) is 22.4. The molecule has 7 aliphatic heterocycles. The lowest BCUT2D eigenvalue weighted by Gasteiger charge is -2.40. The average Bonchev–Trinajstić information content (AvgIpc) is 1.58. The van der Waals surface area contributed by atoms with Gasteiger partial charge in [-0.05, 0) is 269 Å². The third-order valence-corrected chi connectivity index (χ3v) is 22.4. The molecule has 0 aromatic carbocycles. The van der Waals surface area contributed by atoms with E-state index in [1.807, 2.05) is 20.8 Å². The minimum absolute atomic E-state index is 0.216. The van der Waals surface area contributed by atoms with Crippen molar-refractivity contribution in [3.05, 3.63) is 0 Å². The van der Waals surface area contributed by atoms with E-state index in [4.69, 9.17) is 9.47 Å². The van der Waals surface area contributed by atoms with Gasteiger partial charge in [-0.3, -0.25) is 14.7 Å². The van der Waals surface area contributed by atoms with Gasteiger partial charge in [0, 0.05) is 110 Å². The normalized spacial score (nSPS) is 23.0. The molecule has 4 unspecified atom stereocenters. The standard InChI is InChI=1S/C11H23N.C10H21NO.C9H15F3.C9H20N2.C9H19NO.2C9H19N.C8H13F3.C8H17N.C7H17N.C6H15N/c1-9(2)8-12-10(3)6-5-7-11(12)4;1-8(2)5-11-6-9(3)12-10(4)7-11;1-7(2,3)6-8(4-5-8)9(10,11)12;1-9(2)8-11-6-4-10(3)5-7-11;1-9(2)3-4-10-5-7-11-8-6-10;2*1-9(2)8-10-6-4-3-5-7-10;1-6(2,3)7(4-5-7)8(9,10)11;1-8(2)7-9-5-3-4-6-9;1-5-8(4)6-7(2)3;1-6(2)5-7(3)4/h9-11H,5-8H2,1-4H3;8-10H,5-7H2,1-4H3;4-6H2,1-3H3;9H,4-8H2,1-3H3;9H,3-8H2,1-2H3;2*9H,3-8H2,1-2H3;4-5H2,1-3H3;8H,3-7H2,1-2H3;7H,5-6H2,1-4H3;6H,5H2,1-4H3. The average molecular weight is 1630 g/mol. The van der Waals surface area contributed by atoms with Crippen molar-refractivity contribution < 1.29 is 35.8 Å². The van der Waals surface area contributed by atoms with Crippen molar-refractivity contribution in [2.45, 2.75) is 347 Å². The van der Waals surface area contributed by atoms with Crippen molar-refractivity contribution in [3.63, 3.8) is 0 Å². The number of morpholine rings is 2. The number of likely N-dealkylation sites (N-methyl/N-ethyl adjacent to an activating group) is 1. The quantitative estimate of drug-likeness (QED) is 0.103. The summed E-state index contributed by atoms with van der Waals surface area (Å²) in [6, 6.07) is 1.63. The van der Waals surface area contributed by atoms with Crippen LogP contribution in [0.4, 0.5) is 26.3 Å². The van der Waals surface area contributed by atoms with Crippen molar-refractivity contribution in [1.29, 1.82) is 0 Å². The zero-order valence-electron chi connectivity index (χ0n) is 81.5. The van der Waals surface area contributed by atoms with E-state index in [0.29, 0.717) is 37.9 Å². The largest absolute Gasteiger partial charge is 0.395 e. The Morgan fingerprint density at radius 1 is 0.398 bits per heavy atom. The Morgan fingerprint density at radius 2 is 0.752 bits per heavy atom. The second kappa shape index (κ2) is 60.6. The zero-order chi connectivity index (χ0) is 87.1. The molecule has 7 saturated heterocycles. The number of rotatable bonds is 21. The van der Waals surface area contributed by atoms with Gasteiger partial charge in [0.1, 0.15) is 0 Å². The predicted molar refractivity (Wildman–Crippen MR) is 482 cm³/mol. The van der Waals surface area contributed by atoms with Gasteiger partial charge < -0.3 is 43.8 Å². The fourth-order valence-corrected chi connectivity index (χ4v) is 16.6. The molecule has 9 aliphatic rings. The van der Waals surface area contributed by atoms with Crippen LogP contribution in [-0.2, 0) is 9.47 Å². The highest BCUT2D eigenvalue weighted by Crippen LogP contribution is 2.67. The number of nitrogens with zero attached hydrogens (tertiary/aromatic N) is 10. The first-order valence-electron chi connectivity index (χ1n) is 46.7. The molecule has 9 fully saturated rings. The Balaban J connectivity index is 0. The first kappa shape index (κ1) is 114. The highest BCUT2D eigenvalue weighted by atomic mass is 19.4. The summed E-state index contributed by atoms with van der Waals surface area (Å²) in [6.45, 7) is 94.7. The van der Waals surface area contributed by atoms with Crippen LogP contribution in [0.5, 0.6) is 0 Å². The molecular formula is C95H198F6N10O2. The number of ether oxygens (including phenoxy) is 2. The lowest BCUT2D eigenvalue weighted by molar-refractivity contribution is -0.215. The Bertz CT molecular complexity index is 2090. The van der Waals surface area contributed by atoms with Gasteiger partial charge >= 0.3 is 12.4 Å². The van der Waals surface area contributed by atoms with E-state index in [1.165, 1.54) is 201 Å². The second-order valence-corrected chi connectivity index (χ2v) is 42.4. The van der Waals surface area contributed by atoms with Gasteiger partial charge in [0.05, 0.1) is 36.3 Å². The molecule has 0 aromatic heterocycles. The van der Waals surface area contributed by atoms with Gasteiger partial charge in [0.25, 0.3) is 0 Å². The van der Waals surface area contributed by atoms with Crippen LogP contribution in [0, 0.1) is 74.9 Å². The van der Waals surface area contributed by atoms with Crippen molar-refractivity contribution >= 4 is 0 Å². The van der Waals surface area contributed by atoms with E-state index < -0.39 is 28.6 Å². The molecule has 113 heavy (non-hydrogen) atoms. The Morgan fingerprint density at radius 3 is 1.00 bits per heavy atom. The summed E-state index contributed by atoms with van der Waals surface area (Å²) in [5.74, 6) is 7.38. The van der Waals surface area contributed by atoms with E-state index >= 15 is 0 Å². The predicted octanol–water partition coefficient (Wildman–Crippen LogP) is 22.8. The van der Waals surface area contributed by atoms with Gasteiger partial charge in [-0.25, -0.2) is 0 Å². The van der Waals surface area contributed by atoms with Gasteiger partial charge in [-0.2, -0.15) is 26.3 Å². The molecule has 9 rings (SSSR count). The van der Waals surface area contributed by atoms with Crippen LogP contribution in [0.1, 0.15) is 310 Å². The lowest BCUT2D eigenvalue weighted by Crippen LogP contribution is -2.46. The van der Waals surface area contributed by atoms with Crippen LogP contribution in [0.3, 0.4) is 0 Å². The van der Waals surface area contributed by atoms with Gasteiger partial charge in [0.15, 0.2) is 0 Å². The third kappa shape index (κ3) is 60.3. The first-order valence-corrected chi connectivity index (χ1v) is 46.7. The fourth-order valence-electron chi connectivity index (χ4n) is 16.6. The summed E-state index contributed by atoms with van der Waals surface area (Å²) in [7, 11) is 8.55. The van der Waals surface area contributed by atoms with Gasteiger partial charge in [-0.15, -0.1) is 0 Å². The monoisotopic (exact) mass is 1630 g/mol. The molecular weight excluding hydrogens is 1430 g/mol. The number of alkyl halides is 6. The van der Waals surface area contributed by atoms with Crippen LogP contribution >= 0.6 is 0 Å². The highest BCUT2D eigenvalue weighted by molar-refractivity contribution is 5.06. The molecule has 0 amide bonds. The number of piperazine rings is 1. The van der Waals surface area contributed by atoms with E-state index in [0.717, 1.165) is 111 Å². The lowest BCUT2D eigenvalue weighted by atomic mass is 9.77. The van der Waals surface area contributed by atoms with Gasteiger partial charge in [0.2, 0.25) is 0 Å². The molecule has 0 N–H and O–H groups in total. The maximum Gasteiger partial charge on any atom is 0.395 e. The Hall–Kier alpha value is -0.900. The van der Waals surface area contributed by atoms with Crippen LogP contribution in [0.25, 0.3) is 0 Å². The minimum Gasteiger partial charge on any atom is -0.379 e. The molecule has 7 heterocycles. The molecule has 0 radical (unpaired) electrons. The summed E-state index contributed by atoms with van der Waals surface area (Å²) in [6.07, 6.45) is 11.4. The van der Waals surface area contributed by atoms with Crippen LogP contribution in [-0.4, -0.2) is 284 Å². The van der Waals surface area contributed by atoms with Crippen molar-refractivity contribution in [3.8, 4) is 0 Å². The molecule has 12 nitrogen and oxygen atoms in total. The van der Waals surface area contributed by atoms with Crippen LogP contribution in [0.2, 0.25) is 0 Å². The number of piperidine rings is 3. The van der Waals surface area contributed by atoms with E-state index in [1.54, 1.807) is 20.8 Å². The molecule has 2 aliphatic carbocycles. The Labute approximate surface area is 701 Å². The summed E-state index contributed by atoms with van der Waals surface area (Å²) in [5.41, 5.74) is -3.55. The summed E-state index contributed by atoms with van der Waals surface area (Å²) >= 11 is 0. The highest BCUT2D eigenvalue weighted by Gasteiger charge is 2.68. The molecule has 0 spiro atoms. The molecule has 2 saturated carbocycles. The molecule has 0 bridgehead atoms. The van der Waals surface area contributed by atoms with Crippen molar-refractivity contribution in [2.75, 3.05) is 198 Å². The zero-order valence-corrected chi connectivity index (χ0v) is 81.5. The van der Waals surface area contributed by atoms with E-state index in [-0.39, 0.29) is 11.8 Å². The molecule has 18 heteroatoms. The smallest absolute Gasteiger partial charge is 0.379 e. The van der Waals surface area contributed by atoms with Crippen molar-refractivity contribution in [2.24, 2.45) is 74.9 Å². The van der Waals surface area contributed by atoms with Crippen molar-refractivity contribution in [1.82, 2.24) is 49.0 Å². The summed E-state index contributed by atoms with van der Waals surface area (Å²) < 4.78 is 85.4. The maximum absolute atomic E-state index is 12.4. The maximum atomic E-state index is 12.4. The van der Waals surface area contributed by atoms with Crippen LogP contribution in [0.15, 0.2) is 0 Å². The van der Waals surface area contributed by atoms with E-state index in [2.05, 4.69) is 236 Å². The Kier molecular flexibility index (Phi) is 61.2. The number of halogens is 6. The molecule has 0 aromatic rings. The summed E-state index contributed by atoms with van der Waals surface area (Å²) in [4.78, 5) is 24.9. The fraction of sp³-hybridized carbons (Fsp3) is 1.00. The number of hydrogen-bond donors (Lipinski definition) is 0. The topological polar surface area (TPSA) is 50.9 Å². The molecule has 682 valence electrons. The summed E-state index contributed by atoms with van der Waals surface area (Å²) in [5, 5.41) is 0. The first-order chi connectivity index (χ1) is 52.2. The van der Waals surface area contributed by atoms with Crippen LogP contribution < -0.4 is 0 Å². The SMILES string of the molecule is CC(C)(C)C1(C(F)(F)F)CC1.CC(C)(C)CC1(C(F)(F)F)CC1.CC(C)CCN1CCOCC1.CC(C)CN(C)C.CC(C)CN1C(C)CCCC1C.CC(C)CN1CC(C)OC(C)C1.CC(C)CN1CCCC1.CC(C)CN1CCCCC1.CC(C)CN1CCCCC1.CC(C)CN1CCN(C)CC1.CCN(C)CC(C)C. The van der Waals surface area contributed by atoms with Gasteiger partial charge in [-0.1, -0.05) is 192 Å². The minimum atomic E-state index is -4.01. The number of hydrogen-bond acceptors (Lipinski definition) is 12. The molecule has 4 atom stereocenters. The number of likely N-dealkylation sites (tertiary alicyclic amines) is 4. The second-order valence-electron chi connectivity index (χ2n) is 42.4.